The highest BCUT2D eigenvalue weighted by Crippen LogP contribution is 2.33. The number of halogens is 1. The van der Waals surface area contributed by atoms with Crippen LogP contribution in [0.4, 0.5) is 10.5 Å². The van der Waals surface area contributed by atoms with E-state index in [2.05, 4.69) is 0 Å². The van der Waals surface area contributed by atoms with Crippen molar-refractivity contribution in [3.05, 3.63) is 104 Å². The molecule has 1 fully saturated rings. The molecule has 2 amide bonds. The van der Waals surface area contributed by atoms with Crippen molar-refractivity contribution in [2.24, 2.45) is 0 Å². The van der Waals surface area contributed by atoms with Crippen LogP contribution in [-0.2, 0) is 21.5 Å². The largest absolute Gasteiger partial charge is 0.379 e. The first-order valence-electron chi connectivity index (χ1n) is 9.91. The Morgan fingerprint density at radius 2 is 1.60 bits per heavy atom. The third-order valence-corrected chi connectivity index (χ3v) is 7.27. The number of nitrogens with zero attached hydrogens (tertiary/aromatic N) is 2. The van der Waals surface area contributed by atoms with Crippen LogP contribution < -0.4 is 4.18 Å². The summed E-state index contributed by atoms with van der Waals surface area (Å²) in [7, 11) is -4.20. The van der Waals surface area contributed by atoms with Gasteiger partial charge in [0.25, 0.3) is 16.8 Å². The van der Waals surface area contributed by atoms with Crippen molar-refractivity contribution < 1.29 is 27.1 Å². The van der Waals surface area contributed by atoms with Crippen molar-refractivity contribution in [2.75, 3.05) is 0 Å². The van der Waals surface area contributed by atoms with Crippen LogP contribution in [0.2, 0.25) is 5.02 Å². The number of benzene rings is 3. The summed E-state index contributed by atoms with van der Waals surface area (Å²) in [6, 6.07) is 17.0. The second-order valence-corrected chi connectivity index (χ2v) is 10.2. The van der Waals surface area contributed by atoms with Crippen molar-refractivity contribution in [1.29, 1.82) is 0 Å². The van der Waals surface area contributed by atoms with Gasteiger partial charge in [-0.25, -0.2) is 0 Å². The van der Waals surface area contributed by atoms with Gasteiger partial charge in [-0.3, -0.25) is 24.6 Å². The van der Waals surface area contributed by atoms with Gasteiger partial charge in [0.15, 0.2) is 0 Å². The van der Waals surface area contributed by atoms with Crippen molar-refractivity contribution in [3.8, 4) is 5.75 Å². The summed E-state index contributed by atoms with van der Waals surface area (Å²) in [5, 5.41) is 10.9. The zero-order valence-corrected chi connectivity index (χ0v) is 20.0. The number of thioether (sulfide) groups is 1. The third kappa shape index (κ3) is 5.70. The highest BCUT2D eigenvalue weighted by atomic mass is 35.5. The molecule has 3 aromatic carbocycles. The number of amides is 2. The second-order valence-electron chi connectivity index (χ2n) is 7.25. The lowest BCUT2D eigenvalue weighted by atomic mass is 10.2. The molecule has 0 saturated carbocycles. The SMILES string of the molecule is O=C1S/C(=C\c2ccc(OS(=O)(=O)c3ccc([N+](=O)[O-])cc3)cc2)C(=O)N1Cc1ccc(Cl)cc1. The van der Waals surface area contributed by atoms with Gasteiger partial charge in [0, 0.05) is 17.2 Å². The van der Waals surface area contributed by atoms with Crippen LogP contribution in [0.1, 0.15) is 11.1 Å². The Labute approximate surface area is 209 Å². The lowest BCUT2D eigenvalue weighted by Gasteiger charge is -2.12. The number of non-ortho nitro benzene ring substituents is 1. The monoisotopic (exact) mass is 530 g/mol. The van der Waals surface area contributed by atoms with Crippen LogP contribution in [-0.4, -0.2) is 29.4 Å². The van der Waals surface area contributed by atoms with Crippen LogP contribution in [0.25, 0.3) is 6.08 Å². The van der Waals surface area contributed by atoms with Gasteiger partial charge in [-0.1, -0.05) is 35.9 Å². The Morgan fingerprint density at radius 1 is 0.971 bits per heavy atom. The van der Waals surface area contributed by atoms with Gasteiger partial charge in [-0.15, -0.1) is 0 Å². The molecule has 1 heterocycles. The molecule has 0 atom stereocenters. The van der Waals surface area contributed by atoms with E-state index in [0.717, 1.165) is 46.5 Å². The topological polar surface area (TPSA) is 124 Å². The summed E-state index contributed by atoms with van der Waals surface area (Å²) in [5.74, 6) is -0.424. The standard InChI is InChI=1S/C23H15ClN2O7S2/c24-17-5-1-16(2-6-17)14-25-22(27)21(34-23(25)28)13-15-3-9-19(10-4-15)33-35(31,32)20-11-7-18(8-12-20)26(29)30/h1-13H,14H2/b21-13-. The zero-order chi connectivity index (χ0) is 25.2. The number of hydrogen-bond acceptors (Lipinski definition) is 8. The number of nitro benzene ring substituents is 1. The Kier molecular flexibility index (Phi) is 6.92. The molecular formula is C23H15ClN2O7S2. The maximum Gasteiger partial charge on any atom is 0.339 e. The Hall–Kier alpha value is -3.67. The predicted molar refractivity (Wildman–Crippen MR) is 130 cm³/mol. The van der Waals surface area contributed by atoms with Crippen LogP contribution in [0.5, 0.6) is 5.75 Å². The first-order chi connectivity index (χ1) is 16.6. The van der Waals surface area contributed by atoms with E-state index in [1.54, 1.807) is 24.3 Å². The Balaban J connectivity index is 1.45. The lowest BCUT2D eigenvalue weighted by molar-refractivity contribution is -0.384. The maximum atomic E-state index is 12.7. The number of nitro groups is 1. The molecule has 4 rings (SSSR count). The van der Waals surface area contributed by atoms with Crippen molar-refractivity contribution in [1.82, 2.24) is 4.90 Å². The fourth-order valence-electron chi connectivity index (χ4n) is 3.09. The number of hydrogen-bond donors (Lipinski definition) is 0. The fourth-order valence-corrected chi connectivity index (χ4v) is 4.98. The smallest absolute Gasteiger partial charge is 0.339 e. The van der Waals surface area contributed by atoms with Crippen molar-refractivity contribution in [3.63, 3.8) is 0 Å². The maximum absolute atomic E-state index is 12.7. The van der Waals surface area contributed by atoms with Crippen molar-refractivity contribution in [2.45, 2.75) is 11.4 Å². The Bertz CT molecular complexity index is 1440. The van der Waals surface area contributed by atoms with Crippen LogP contribution in [0.3, 0.4) is 0 Å². The summed E-state index contributed by atoms with van der Waals surface area (Å²) in [6.45, 7) is 0.118. The summed E-state index contributed by atoms with van der Waals surface area (Å²) >= 11 is 6.68. The molecule has 0 radical (unpaired) electrons. The molecule has 0 aliphatic carbocycles. The minimum absolute atomic E-state index is 0.0105. The van der Waals surface area contributed by atoms with Gasteiger partial charge in [0.1, 0.15) is 10.6 Å². The molecule has 1 aliphatic rings. The molecule has 1 aliphatic heterocycles. The molecule has 178 valence electrons. The Morgan fingerprint density at radius 3 is 2.20 bits per heavy atom. The van der Waals surface area contributed by atoms with Crippen LogP contribution >= 0.6 is 23.4 Å². The quantitative estimate of drug-likeness (QED) is 0.175. The molecule has 1 saturated heterocycles. The number of carbonyl (C=O) groups is 2. The summed E-state index contributed by atoms with van der Waals surface area (Å²) in [6.07, 6.45) is 1.53. The molecule has 9 nitrogen and oxygen atoms in total. The number of rotatable bonds is 7. The molecule has 0 N–H and O–H groups in total. The van der Waals surface area contributed by atoms with Gasteiger partial charge in [-0.2, -0.15) is 8.42 Å². The van der Waals surface area contributed by atoms with Gasteiger partial charge in [0.05, 0.1) is 16.4 Å². The van der Waals surface area contributed by atoms with Gasteiger partial charge in [-0.05, 0) is 65.4 Å². The molecule has 0 unspecified atom stereocenters. The summed E-state index contributed by atoms with van der Waals surface area (Å²) < 4.78 is 29.9. The molecule has 35 heavy (non-hydrogen) atoms. The zero-order valence-electron chi connectivity index (χ0n) is 17.7. The predicted octanol–water partition coefficient (Wildman–Crippen LogP) is 5.25. The van der Waals surface area contributed by atoms with E-state index >= 15 is 0 Å². The van der Waals surface area contributed by atoms with E-state index in [4.69, 9.17) is 15.8 Å². The molecule has 0 spiro atoms. The second kappa shape index (κ2) is 9.90. The van der Waals surface area contributed by atoms with Gasteiger partial charge < -0.3 is 4.18 Å². The average Bonchev–Trinajstić information content (AvgIpc) is 3.09. The third-order valence-electron chi connectivity index (χ3n) is 4.85. The number of imide groups is 1. The molecular weight excluding hydrogens is 516 g/mol. The molecule has 0 bridgehead atoms. The lowest BCUT2D eigenvalue weighted by Crippen LogP contribution is -2.27. The van der Waals surface area contributed by atoms with E-state index < -0.39 is 26.2 Å². The van der Waals surface area contributed by atoms with Crippen LogP contribution in [0, 0.1) is 10.1 Å². The molecule has 12 heteroatoms. The van der Waals surface area contributed by atoms with Crippen LogP contribution in [0.15, 0.2) is 82.6 Å². The minimum atomic E-state index is -4.20. The first kappa shape index (κ1) is 24.5. The molecule has 3 aromatic rings. The van der Waals surface area contributed by atoms with E-state index in [9.17, 15) is 28.1 Å². The van der Waals surface area contributed by atoms with Gasteiger partial charge >= 0.3 is 10.1 Å². The van der Waals surface area contributed by atoms with E-state index in [1.807, 2.05) is 0 Å². The summed E-state index contributed by atoms with van der Waals surface area (Å²) in [5.41, 5.74) is 1.07. The van der Waals surface area contributed by atoms with E-state index in [1.165, 1.54) is 30.3 Å². The summed E-state index contributed by atoms with van der Waals surface area (Å²) in [4.78, 5) is 36.3. The van der Waals surface area contributed by atoms with Gasteiger partial charge in [0.2, 0.25) is 0 Å². The highest BCUT2D eigenvalue weighted by molar-refractivity contribution is 8.18. The fraction of sp³-hybridized carbons (Fsp3) is 0.0435. The molecule has 0 aromatic heterocycles. The normalized spacial score (nSPS) is 15.0. The van der Waals surface area contributed by atoms with E-state index in [-0.39, 0.29) is 27.8 Å². The number of carbonyl (C=O) groups excluding carboxylic acids is 2. The highest BCUT2D eigenvalue weighted by Gasteiger charge is 2.35. The minimum Gasteiger partial charge on any atom is -0.379 e. The van der Waals surface area contributed by atoms with Crippen molar-refractivity contribution >= 4 is 56.4 Å². The van der Waals surface area contributed by atoms with E-state index in [0.29, 0.717) is 10.6 Å². The average molecular weight is 531 g/mol. The first-order valence-corrected chi connectivity index (χ1v) is 12.5.